The van der Waals surface area contributed by atoms with Crippen LogP contribution in [-0.2, 0) is 4.79 Å². The van der Waals surface area contributed by atoms with Crippen LogP contribution in [0.4, 0.5) is 18.9 Å². The van der Waals surface area contributed by atoms with Gasteiger partial charge in [-0.15, -0.1) is 0 Å². The summed E-state index contributed by atoms with van der Waals surface area (Å²) in [6.07, 6.45) is -4.69. The Hall–Kier alpha value is -2.93. The van der Waals surface area contributed by atoms with Crippen LogP contribution in [0.2, 0.25) is 0 Å². The summed E-state index contributed by atoms with van der Waals surface area (Å²) in [7, 11) is 0. The maximum absolute atomic E-state index is 14.1. The summed E-state index contributed by atoms with van der Waals surface area (Å²) in [5.74, 6) is -0.943. The van der Waals surface area contributed by atoms with Crippen LogP contribution in [0.15, 0.2) is 48.5 Å². The van der Waals surface area contributed by atoms with Crippen molar-refractivity contribution in [2.45, 2.75) is 43.6 Å². The summed E-state index contributed by atoms with van der Waals surface area (Å²) in [6.45, 7) is 5.35. The lowest BCUT2D eigenvalue weighted by molar-refractivity contribution is -0.160. The van der Waals surface area contributed by atoms with E-state index in [1.807, 2.05) is 30.3 Å². The molecule has 2 aromatic carbocycles. The van der Waals surface area contributed by atoms with Gasteiger partial charge in [-0.2, -0.15) is 18.4 Å². The molecule has 1 saturated heterocycles. The van der Waals surface area contributed by atoms with Crippen molar-refractivity contribution >= 4 is 11.5 Å². The fourth-order valence-electron chi connectivity index (χ4n) is 5.04. The molecule has 4 rings (SSSR count). The Labute approximate surface area is 203 Å². The predicted octanol–water partition coefficient (Wildman–Crippen LogP) is 3.54. The highest BCUT2D eigenvalue weighted by molar-refractivity contribution is 5.95. The van der Waals surface area contributed by atoms with E-state index in [0.29, 0.717) is 5.56 Å². The Kier molecular flexibility index (Phi) is 7.17. The van der Waals surface area contributed by atoms with Crippen molar-refractivity contribution in [1.82, 2.24) is 10.6 Å². The molecular weight excluding hydrogens is 455 g/mol. The van der Waals surface area contributed by atoms with Crippen molar-refractivity contribution in [3.8, 4) is 17.2 Å². The number of hydrogen-bond donors (Lipinski definition) is 3. The number of nitriles is 1. The molecule has 0 bridgehead atoms. The third-order valence-corrected chi connectivity index (χ3v) is 7.21. The highest BCUT2D eigenvalue weighted by Gasteiger charge is 2.52. The first-order valence-corrected chi connectivity index (χ1v) is 11.8. The molecule has 0 amide bonds. The van der Waals surface area contributed by atoms with Gasteiger partial charge in [0.25, 0.3) is 0 Å². The lowest BCUT2D eigenvalue weighted by Crippen LogP contribution is -2.53. The van der Waals surface area contributed by atoms with Gasteiger partial charge in [-0.05, 0) is 47.2 Å². The van der Waals surface area contributed by atoms with E-state index in [1.165, 1.54) is 12.1 Å². The second-order valence-corrected chi connectivity index (χ2v) is 9.48. The minimum Gasteiger partial charge on any atom is -0.369 e. The molecule has 186 valence electrons. The normalized spacial score (nSPS) is 25.9. The molecule has 1 saturated carbocycles. The monoisotopic (exact) mass is 485 g/mol. The summed E-state index contributed by atoms with van der Waals surface area (Å²) < 4.78 is 42.4. The van der Waals surface area contributed by atoms with Crippen molar-refractivity contribution in [3.63, 3.8) is 0 Å². The fraction of sp³-hybridized carbons (Fsp3) is 0.462. The van der Waals surface area contributed by atoms with Gasteiger partial charge in [-0.3, -0.25) is 10.1 Å². The van der Waals surface area contributed by atoms with E-state index < -0.39 is 35.5 Å². The molecule has 0 aromatic heterocycles. The minimum atomic E-state index is -4.62. The van der Waals surface area contributed by atoms with Crippen molar-refractivity contribution in [1.29, 1.82) is 5.26 Å². The molecular formula is C26H30F3N5O. The van der Waals surface area contributed by atoms with Gasteiger partial charge in [0, 0.05) is 31.9 Å². The van der Waals surface area contributed by atoms with Crippen LogP contribution < -0.4 is 21.3 Å². The Morgan fingerprint density at radius 1 is 1.20 bits per heavy atom. The largest absolute Gasteiger partial charge is 0.407 e. The van der Waals surface area contributed by atoms with E-state index >= 15 is 0 Å². The second kappa shape index (κ2) is 9.97. The Morgan fingerprint density at radius 2 is 1.89 bits per heavy atom. The zero-order valence-corrected chi connectivity index (χ0v) is 19.6. The highest BCUT2D eigenvalue weighted by Crippen LogP contribution is 2.39. The number of anilines is 1. The summed E-state index contributed by atoms with van der Waals surface area (Å²) in [5, 5.41) is 14.9. The average Bonchev–Trinajstić information content (AvgIpc) is 3.06. The molecule has 0 radical (unpaired) electrons. The summed E-state index contributed by atoms with van der Waals surface area (Å²) >= 11 is 0. The number of rotatable bonds is 6. The van der Waals surface area contributed by atoms with Crippen LogP contribution in [0.1, 0.15) is 31.4 Å². The summed E-state index contributed by atoms with van der Waals surface area (Å²) in [6, 6.07) is 12.9. The Balaban J connectivity index is 1.57. The molecule has 1 aliphatic heterocycles. The lowest BCUT2D eigenvalue weighted by Gasteiger charge is -2.29. The number of alkyl halides is 3. The number of nitrogens with two attached hydrogens (primary N) is 1. The topological polar surface area (TPSA) is 94.2 Å². The van der Waals surface area contributed by atoms with Gasteiger partial charge < -0.3 is 16.0 Å². The number of nitrogens with one attached hydrogen (secondary N) is 2. The maximum Gasteiger partial charge on any atom is 0.407 e. The van der Waals surface area contributed by atoms with Gasteiger partial charge in [0.1, 0.15) is 6.04 Å². The highest BCUT2D eigenvalue weighted by atomic mass is 19.4. The SMILES string of the molecule is CC1C[C@H](NC(c2cccc(-c3ccc(N4CCNCC4)cc3)c2)C(F)(F)F)C(=O)C1(N)CC#N. The number of ketones is 1. The van der Waals surface area contributed by atoms with Crippen LogP contribution >= 0.6 is 0 Å². The number of Topliss-reactive ketones (excluding diaryl/α,β-unsaturated/α-hetero) is 1. The van der Waals surface area contributed by atoms with Gasteiger partial charge in [0.05, 0.1) is 24.1 Å². The molecule has 4 N–H and O–H groups in total. The van der Waals surface area contributed by atoms with Crippen molar-refractivity contribution < 1.29 is 18.0 Å². The van der Waals surface area contributed by atoms with Crippen LogP contribution in [-0.4, -0.2) is 49.7 Å². The Bertz CT molecular complexity index is 1090. The number of benzene rings is 2. The van der Waals surface area contributed by atoms with E-state index in [1.54, 1.807) is 19.1 Å². The predicted molar refractivity (Wildman–Crippen MR) is 129 cm³/mol. The van der Waals surface area contributed by atoms with Crippen LogP contribution in [0.3, 0.4) is 0 Å². The molecule has 1 heterocycles. The standard InChI is InChI=1S/C26H30F3N5O/c1-17-15-22(24(35)25(17,31)9-10-30)33-23(26(27,28)29)20-4-2-3-19(16-20)18-5-7-21(8-6-18)34-13-11-32-12-14-34/h2-8,16-17,22-23,32-33H,9,11-15,31H2,1H3/t17?,22-,23?,25?/m0/s1. The average molecular weight is 486 g/mol. The van der Waals surface area contributed by atoms with Gasteiger partial charge >= 0.3 is 6.18 Å². The molecule has 35 heavy (non-hydrogen) atoms. The summed E-state index contributed by atoms with van der Waals surface area (Å²) in [5.41, 5.74) is 7.28. The molecule has 0 spiro atoms. The molecule has 6 nitrogen and oxygen atoms in total. The third-order valence-electron chi connectivity index (χ3n) is 7.21. The second-order valence-electron chi connectivity index (χ2n) is 9.48. The first-order chi connectivity index (χ1) is 16.6. The van der Waals surface area contributed by atoms with Gasteiger partial charge in [-0.1, -0.05) is 37.3 Å². The molecule has 1 aliphatic carbocycles. The van der Waals surface area contributed by atoms with Crippen molar-refractivity contribution in [2.24, 2.45) is 11.7 Å². The number of halogens is 3. The molecule has 2 aromatic rings. The van der Waals surface area contributed by atoms with Gasteiger partial charge in [0.15, 0.2) is 5.78 Å². The first-order valence-electron chi connectivity index (χ1n) is 11.8. The maximum atomic E-state index is 14.1. The van der Waals surface area contributed by atoms with Crippen LogP contribution in [0.5, 0.6) is 0 Å². The number of hydrogen-bond acceptors (Lipinski definition) is 6. The Morgan fingerprint density at radius 3 is 2.51 bits per heavy atom. The molecule has 3 unspecified atom stereocenters. The zero-order valence-electron chi connectivity index (χ0n) is 19.6. The third kappa shape index (κ3) is 5.20. The molecule has 2 aliphatic rings. The number of carbonyl (C=O) groups excluding carboxylic acids is 1. The number of piperazine rings is 1. The first kappa shape index (κ1) is 25.2. The lowest BCUT2D eigenvalue weighted by atomic mass is 9.86. The minimum absolute atomic E-state index is 0.0245. The summed E-state index contributed by atoms with van der Waals surface area (Å²) in [4.78, 5) is 15.1. The molecule has 4 atom stereocenters. The van der Waals surface area contributed by atoms with E-state index in [9.17, 15) is 18.0 Å². The van der Waals surface area contributed by atoms with E-state index in [2.05, 4.69) is 15.5 Å². The van der Waals surface area contributed by atoms with Crippen molar-refractivity contribution in [2.75, 3.05) is 31.1 Å². The molecule has 9 heteroatoms. The van der Waals surface area contributed by atoms with Gasteiger partial charge in [-0.25, -0.2) is 0 Å². The van der Waals surface area contributed by atoms with E-state index in [4.69, 9.17) is 11.0 Å². The number of nitrogens with zero attached hydrogens (tertiary/aromatic N) is 2. The van der Waals surface area contributed by atoms with E-state index in [0.717, 1.165) is 37.4 Å². The zero-order chi connectivity index (χ0) is 25.2. The van der Waals surface area contributed by atoms with Crippen LogP contribution in [0.25, 0.3) is 11.1 Å². The van der Waals surface area contributed by atoms with E-state index in [-0.39, 0.29) is 18.4 Å². The van der Waals surface area contributed by atoms with Crippen molar-refractivity contribution in [3.05, 3.63) is 54.1 Å². The van der Waals surface area contributed by atoms with Gasteiger partial charge in [0.2, 0.25) is 0 Å². The quantitative estimate of drug-likeness (QED) is 0.580. The smallest absolute Gasteiger partial charge is 0.369 e. The number of carbonyl (C=O) groups is 1. The molecule has 2 fully saturated rings. The fourth-order valence-corrected chi connectivity index (χ4v) is 5.04. The van der Waals surface area contributed by atoms with Crippen LogP contribution in [0, 0.1) is 17.2 Å².